The predicted molar refractivity (Wildman–Crippen MR) is 138 cm³/mol. The minimum Gasteiger partial charge on any atom is -0.459 e. The topological polar surface area (TPSA) is 138 Å². The first-order valence-electron chi connectivity index (χ1n) is 12.3. The van der Waals surface area contributed by atoms with Crippen LogP contribution in [0.5, 0.6) is 0 Å². The molecule has 10 heteroatoms. The van der Waals surface area contributed by atoms with Crippen molar-refractivity contribution < 1.29 is 42.9 Å². The SMILES string of the molecule is CC(=O)O[C@@H]1[C@@H](OC(=O)c2ccccc2)[C@H](OC(=O)c2ccccc2)[C@@H](COC(=O)c2ccccc2)O[C@H]1C#N. The lowest BCUT2D eigenvalue weighted by Crippen LogP contribution is -2.62. The number of nitriles is 1. The third-order valence-corrected chi connectivity index (χ3v) is 5.96. The first-order chi connectivity index (χ1) is 19.4. The maximum Gasteiger partial charge on any atom is 0.338 e. The van der Waals surface area contributed by atoms with Gasteiger partial charge in [-0.2, -0.15) is 5.26 Å². The van der Waals surface area contributed by atoms with Crippen LogP contribution in [0.1, 0.15) is 38.0 Å². The lowest BCUT2D eigenvalue weighted by atomic mass is 9.94. The van der Waals surface area contributed by atoms with Crippen molar-refractivity contribution in [3.8, 4) is 6.07 Å². The number of hydrogen-bond acceptors (Lipinski definition) is 10. The Labute approximate surface area is 230 Å². The largest absolute Gasteiger partial charge is 0.459 e. The van der Waals surface area contributed by atoms with Crippen molar-refractivity contribution in [3.63, 3.8) is 0 Å². The lowest BCUT2D eigenvalue weighted by molar-refractivity contribution is -0.225. The van der Waals surface area contributed by atoms with E-state index in [-0.39, 0.29) is 16.7 Å². The van der Waals surface area contributed by atoms with E-state index in [2.05, 4.69) is 0 Å². The second kappa shape index (κ2) is 13.2. The van der Waals surface area contributed by atoms with Crippen molar-refractivity contribution in [3.05, 3.63) is 108 Å². The van der Waals surface area contributed by atoms with E-state index in [9.17, 15) is 24.4 Å². The molecule has 0 N–H and O–H groups in total. The second-order valence-corrected chi connectivity index (χ2v) is 8.73. The fourth-order valence-electron chi connectivity index (χ4n) is 4.10. The molecule has 0 radical (unpaired) electrons. The summed E-state index contributed by atoms with van der Waals surface area (Å²) in [4.78, 5) is 50.8. The zero-order chi connectivity index (χ0) is 28.5. The smallest absolute Gasteiger partial charge is 0.338 e. The van der Waals surface area contributed by atoms with Crippen LogP contribution in [0.4, 0.5) is 0 Å². The highest BCUT2D eigenvalue weighted by atomic mass is 16.7. The van der Waals surface area contributed by atoms with E-state index in [1.807, 2.05) is 6.07 Å². The molecule has 0 spiro atoms. The van der Waals surface area contributed by atoms with E-state index in [1.165, 1.54) is 24.3 Å². The molecule has 40 heavy (non-hydrogen) atoms. The Balaban J connectivity index is 1.68. The third-order valence-electron chi connectivity index (χ3n) is 5.96. The Hall–Kier alpha value is -5.01. The van der Waals surface area contributed by atoms with Crippen molar-refractivity contribution >= 4 is 23.9 Å². The van der Waals surface area contributed by atoms with E-state index in [1.54, 1.807) is 66.7 Å². The van der Waals surface area contributed by atoms with Crippen LogP contribution in [0.15, 0.2) is 91.0 Å². The molecule has 0 amide bonds. The minimum atomic E-state index is -1.48. The molecule has 3 aromatic rings. The van der Waals surface area contributed by atoms with Gasteiger partial charge in [-0.25, -0.2) is 14.4 Å². The maximum atomic E-state index is 13.1. The standard InChI is InChI=1S/C30H25NO9/c1-19(32)37-25-23(17-31)38-24(18-36-28(33)20-11-5-2-6-12-20)26(39-29(34)21-13-7-3-8-14-21)27(25)40-30(35)22-15-9-4-10-16-22/h2-16,23-27H,18H2,1H3/t23-,24+,25-,26+,27+/m0/s1. The van der Waals surface area contributed by atoms with Crippen molar-refractivity contribution in [1.82, 2.24) is 0 Å². The highest BCUT2D eigenvalue weighted by Crippen LogP contribution is 2.30. The summed E-state index contributed by atoms with van der Waals surface area (Å²) in [5, 5.41) is 9.84. The third kappa shape index (κ3) is 6.89. The molecule has 0 bridgehead atoms. The van der Waals surface area contributed by atoms with Crippen LogP contribution in [0.3, 0.4) is 0 Å². The Morgan fingerprint density at radius 2 is 1.12 bits per heavy atom. The normalized spacial score (nSPS) is 21.8. The molecule has 1 saturated heterocycles. The van der Waals surface area contributed by atoms with E-state index < -0.39 is 61.0 Å². The Morgan fingerprint density at radius 3 is 1.57 bits per heavy atom. The second-order valence-electron chi connectivity index (χ2n) is 8.73. The average Bonchev–Trinajstić information content (AvgIpc) is 2.99. The molecule has 0 saturated carbocycles. The molecule has 1 aliphatic heterocycles. The van der Waals surface area contributed by atoms with E-state index in [4.69, 9.17) is 23.7 Å². The van der Waals surface area contributed by atoms with Crippen LogP contribution in [0, 0.1) is 11.3 Å². The molecule has 3 aromatic carbocycles. The minimum absolute atomic E-state index is 0.171. The number of nitrogens with zero attached hydrogens (tertiary/aromatic N) is 1. The molecule has 10 nitrogen and oxygen atoms in total. The molecule has 1 fully saturated rings. The van der Waals surface area contributed by atoms with Gasteiger partial charge in [-0.3, -0.25) is 4.79 Å². The van der Waals surface area contributed by atoms with Crippen LogP contribution in [-0.2, 0) is 28.5 Å². The summed E-state index contributed by atoms with van der Waals surface area (Å²) in [5.74, 6) is -3.09. The highest BCUT2D eigenvalue weighted by Gasteiger charge is 2.53. The number of benzene rings is 3. The first kappa shape index (κ1) is 28.0. The van der Waals surface area contributed by atoms with Crippen LogP contribution >= 0.6 is 0 Å². The number of carbonyl (C=O) groups is 4. The number of hydrogen-bond donors (Lipinski definition) is 0. The van der Waals surface area contributed by atoms with Crippen LogP contribution < -0.4 is 0 Å². The Morgan fingerprint density at radius 1 is 0.675 bits per heavy atom. The summed E-state index contributed by atoms with van der Waals surface area (Å²) in [6.45, 7) is 0.647. The molecule has 204 valence electrons. The summed E-state index contributed by atoms with van der Waals surface area (Å²) in [5.41, 5.74) is 0.615. The van der Waals surface area contributed by atoms with Gasteiger partial charge < -0.3 is 23.7 Å². The molecule has 4 rings (SSSR count). The average molecular weight is 544 g/mol. The van der Waals surface area contributed by atoms with Crippen LogP contribution in [0.25, 0.3) is 0 Å². The molecule has 1 aliphatic rings. The summed E-state index contributed by atoms with van der Waals surface area (Å²) < 4.78 is 28.1. The molecular formula is C30H25NO9. The van der Waals surface area contributed by atoms with Gasteiger partial charge in [0, 0.05) is 6.92 Å². The first-order valence-corrected chi connectivity index (χ1v) is 12.3. The summed E-state index contributed by atoms with van der Waals surface area (Å²) >= 11 is 0. The number of carbonyl (C=O) groups excluding carboxylic acids is 4. The van der Waals surface area contributed by atoms with Gasteiger partial charge in [-0.15, -0.1) is 0 Å². The van der Waals surface area contributed by atoms with Gasteiger partial charge in [0.25, 0.3) is 0 Å². The zero-order valence-corrected chi connectivity index (χ0v) is 21.4. The monoisotopic (exact) mass is 543 g/mol. The van der Waals surface area contributed by atoms with Crippen LogP contribution in [0.2, 0.25) is 0 Å². The highest BCUT2D eigenvalue weighted by molar-refractivity contribution is 5.91. The van der Waals surface area contributed by atoms with Gasteiger partial charge in [0.2, 0.25) is 0 Å². The van der Waals surface area contributed by atoms with Crippen molar-refractivity contribution in [2.45, 2.75) is 37.4 Å². The zero-order valence-electron chi connectivity index (χ0n) is 21.4. The summed E-state index contributed by atoms with van der Waals surface area (Å²) in [6, 6.07) is 26.0. The molecule has 1 heterocycles. The fourth-order valence-corrected chi connectivity index (χ4v) is 4.10. The van der Waals surface area contributed by atoms with Gasteiger partial charge in [0.05, 0.1) is 22.8 Å². The van der Waals surface area contributed by atoms with Gasteiger partial charge in [-0.1, -0.05) is 54.6 Å². The van der Waals surface area contributed by atoms with Gasteiger partial charge >= 0.3 is 23.9 Å². The molecular weight excluding hydrogens is 518 g/mol. The van der Waals surface area contributed by atoms with Gasteiger partial charge in [0.15, 0.2) is 24.4 Å². The van der Waals surface area contributed by atoms with E-state index >= 15 is 0 Å². The van der Waals surface area contributed by atoms with Crippen molar-refractivity contribution in [2.75, 3.05) is 6.61 Å². The molecule has 0 aliphatic carbocycles. The number of ether oxygens (including phenoxy) is 5. The fraction of sp³-hybridized carbons (Fsp3) is 0.233. The lowest BCUT2D eigenvalue weighted by Gasteiger charge is -2.42. The van der Waals surface area contributed by atoms with Crippen LogP contribution in [-0.4, -0.2) is 61.0 Å². The van der Waals surface area contributed by atoms with Crippen molar-refractivity contribution in [1.29, 1.82) is 5.26 Å². The molecule has 0 aromatic heterocycles. The Bertz CT molecular complexity index is 1370. The predicted octanol–water partition coefficient (Wildman–Crippen LogP) is 3.52. The van der Waals surface area contributed by atoms with E-state index in [0.29, 0.717) is 0 Å². The maximum absolute atomic E-state index is 13.1. The quantitative estimate of drug-likeness (QED) is 0.306. The Kier molecular flexibility index (Phi) is 9.23. The van der Waals surface area contributed by atoms with Crippen molar-refractivity contribution in [2.24, 2.45) is 0 Å². The number of esters is 4. The molecule has 0 unspecified atom stereocenters. The molecule has 5 atom stereocenters. The van der Waals surface area contributed by atoms with Gasteiger partial charge in [-0.05, 0) is 36.4 Å². The van der Waals surface area contributed by atoms with E-state index in [0.717, 1.165) is 6.92 Å². The summed E-state index contributed by atoms with van der Waals surface area (Å²) in [6.07, 6.45) is -7.07. The summed E-state index contributed by atoms with van der Waals surface area (Å²) in [7, 11) is 0. The van der Waals surface area contributed by atoms with Gasteiger partial charge in [0.1, 0.15) is 12.7 Å². The number of rotatable bonds is 8.